The standard InChI is InChI=1S/C23H22N6/c1-3-15-11-12-28(19(15)4-2)23-20-21(24)25-14-26-22(20)29(27-23)18-10-9-16-7-5-6-8-17(16)13-18/h3-8,11-12,14,18H,1-2,9-10,13H2,(H2,24,25,26). The molecule has 5 rings (SSSR count). The molecule has 1 atom stereocenters. The minimum Gasteiger partial charge on any atom is -0.383 e. The van der Waals surface area contributed by atoms with Crippen molar-refractivity contribution in [3.8, 4) is 5.82 Å². The Kier molecular flexibility index (Phi) is 4.05. The van der Waals surface area contributed by atoms with Crippen molar-refractivity contribution in [1.29, 1.82) is 0 Å². The first kappa shape index (κ1) is 17.4. The molecule has 0 aliphatic heterocycles. The van der Waals surface area contributed by atoms with Gasteiger partial charge in [-0.2, -0.15) is 5.10 Å². The zero-order valence-corrected chi connectivity index (χ0v) is 16.1. The van der Waals surface area contributed by atoms with E-state index in [4.69, 9.17) is 10.8 Å². The second kappa shape index (κ2) is 6.74. The topological polar surface area (TPSA) is 74.5 Å². The van der Waals surface area contributed by atoms with E-state index in [1.54, 1.807) is 6.08 Å². The monoisotopic (exact) mass is 382 g/mol. The lowest BCUT2D eigenvalue weighted by Gasteiger charge is -2.25. The van der Waals surface area contributed by atoms with Crippen LogP contribution < -0.4 is 5.73 Å². The molecule has 0 fully saturated rings. The third-order valence-corrected chi connectivity index (χ3v) is 5.77. The van der Waals surface area contributed by atoms with Gasteiger partial charge in [0.05, 0.1) is 11.7 Å². The lowest BCUT2D eigenvalue weighted by Crippen LogP contribution is -2.20. The van der Waals surface area contributed by atoms with E-state index in [-0.39, 0.29) is 6.04 Å². The predicted octanol–water partition coefficient (Wildman–Crippen LogP) is 4.22. The van der Waals surface area contributed by atoms with E-state index in [9.17, 15) is 0 Å². The summed E-state index contributed by atoms with van der Waals surface area (Å²) in [4.78, 5) is 8.78. The first-order chi connectivity index (χ1) is 14.2. The van der Waals surface area contributed by atoms with E-state index in [1.165, 1.54) is 17.5 Å². The quantitative estimate of drug-likeness (QED) is 0.574. The highest BCUT2D eigenvalue weighted by atomic mass is 15.4. The molecule has 1 aromatic carbocycles. The number of hydrogen-bond acceptors (Lipinski definition) is 4. The van der Waals surface area contributed by atoms with Crippen LogP contribution in [0, 0.1) is 0 Å². The van der Waals surface area contributed by atoms with Crippen LogP contribution in [0.1, 0.15) is 34.8 Å². The minimum atomic E-state index is 0.220. The second-order valence-corrected chi connectivity index (χ2v) is 7.33. The molecule has 2 N–H and O–H groups in total. The summed E-state index contributed by atoms with van der Waals surface area (Å²) in [5, 5.41) is 5.75. The lowest BCUT2D eigenvalue weighted by molar-refractivity contribution is 0.413. The molecule has 1 aliphatic carbocycles. The first-order valence-corrected chi connectivity index (χ1v) is 9.73. The molecule has 6 heteroatoms. The SMILES string of the molecule is C=Cc1ccn(-c2nn(C3CCc4ccccc4C3)c3ncnc(N)c23)c1C=C. The number of rotatable bonds is 4. The first-order valence-electron chi connectivity index (χ1n) is 9.73. The Hall–Kier alpha value is -3.67. The molecule has 1 aliphatic rings. The molecule has 29 heavy (non-hydrogen) atoms. The van der Waals surface area contributed by atoms with Gasteiger partial charge in [0.1, 0.15) is 17.5 Å². The third kappa shape index (κ3) is 2.68. The maximum Gasteiger partial charge on any atom is 0.172 e. The van der Waals surface area contributed by atoms with Gasteiger partial charge in [0.25, 0.3) is 0 Å². The fourth-order valence-electron chi connectivity index (χ4n) is 4.32. The van der Waals surface area contributed by atoms with Crippen molar-refractivity contribution in [3.63, 3.8) is 0 Å². The highest BCUT2D eigenvalue weighted by Crippen LogP contribution is 2.34. The summed E-state index contributed by atoms with van der Waals surface area (Å²) in [6.45, 7) is 7.85. The van der Waals surface area contributed by atoms with Crippen molar-refractivity contribution in [2.45, 2.75) is 25.3 Å². The number of benzene rings is 1. The molecule has 0 saturated carbocycles. The average Bonchev–Trinajstić information content (AvgIpc) is 3.35. The van der Waals surface area contributed by atoms with Crippen molar-refractivity contribution in [2.24, 2.45) is 0 Å². The molecule has 4 aromatic rings. The summed E-state index contributed by atoms with van der Waals surface area (Å²) in [7, 11) is 0. The van der Waals surface area contributed by atoms with Crippen LogP contribution in [0.5, 0.6) is 0 Å². The molecule has 0 bridgehead atoms. The van der Waals surface area contributed by atoms with Gasteiger partial charge in [-0.15, -0.1) is 0 Å². The minimum absolute atomic E-state index is 0.220. The molecule has 0 saturated heterocycles. The Balaban J connectivity index is 1.69. The molecule has 3 heterocycles. The van der Waals surface area contributed by atoms with Crippen molar-refractivity contribution in [1.82, 2.24) is 24.3 Å². The maximum absolute atomic E-state index is 6.28. The largest absolute Gasteiger partial charge is 0.383 e. The molecular formula is C23H22N6. The van der Waals surface area contributed by atoms with E-state index in [2.05, 4.69) is 47.4 Å². The summed E-state index contributed by atoms with van der Waals surface area (Å²) in [6.07, 6.45) is 10.0. The molecule has 0 amide bonds. The Morgan fingerprint density at radius 3 is 2.69 bits per heavy atom. The summed E-state index contributed by atoms with van der Waals surface area (Å²) in [6, 6.07) is 10.8. The van der Waals surface area contributed by atoms with E-state index in [0.717, 1.165) is 47.4 Å². The number of nitrogens with zero attached hydrogens (tertiary/aromatic N) is 5. The van der Waals surface area contributed by atoms with E-state index in [1.807, 2.05) is 27.6 Å². The van der Waals surface area contributed by atoms with Crippen LogP contribution in [-0.2, 0) is 12.8 Å². The van der Waals surface area contributed by atoms with Crippen molar-refractivity contribution in [3.05, 3.63) is 78.4 Å². The van der Waals surface area contributed by atoms with Crippen molar-refractivity contribution in [2.75, 3.05) is 5.73 Å². The summed E-state index contributed by atoms with van der Waals surface area (Å²) >= 11 is 0. The van der Waals surface area contributed by atoms with Crippen LogP contribution in [0.15, 0.2) is 56.0 Å². The van der Waals surface area contributed by atoms with Crippen LogP contribution >= 0.6 is 0 Å². The van der Waals surface area contributed by atoms with Crippen LogP contribution in [-0.4, -0.2) is 24.3 Å². The lowest BCUT2D eigenvalue weighted by atomic mass is 9.88. The van der Waals surface area contributed by atoms with Gasteiger partial charge in [0, 0.05) is 6.20 Å². The molecule has 0 spiro atoms. The summed E-state index contributed by atoms with van der Waals surface area (Å²) in [5.74, 6) is 1.15. The van der Waals surface area contributed by atoms with Gasteiger partial charge in [0.2, 0.25) is 0 Å². The maximum atomic E-state index is 6.28. The zero-order valence-electron chi connectivity index (χ0n) is 16.1. The molecule has 3 aromatic heterocycles. The Bertz CT molecular complexity index is 1250. The van der Waals surface area contributed by atoms with Crippen LogP contribution in [0.3, 0.4) is 0 Å². The third-order valence-electron chi connectivity index (χ3n) is 5.77. The molecule has 1 unspecified atom stereocenters. The van der Waals surface area contributed by atoms with Gasteiger partial charge < -0.3 is 5.73 Å². The normalized spacial score (nSPS) is 15.9. The Morgan fingerprint density at radius 2 is 1.90 bits per heavy atom. The van der Waals surface area contributed by atoms with Gasteiger partial charge >= 0.3 is 0 Å². The fraction of sp³-hybridized carbons (Fsp3) is 0.174. The zero-order chi connectivity index (χ0) is 20.0. The van der Waals surface area contributed by atoms with Gasteiger partial charge in [-0.05, 0) is 48.1 Å². The highest BCUT2D eigenvalue weighted by Gasteiger charge is 2.26. The van der Waals surface area contributed by atoms with Crippen LogP contribution in [0.2, 0.25) is 0 Å². The summed E-state index contributed by atoms with van der Waals surface area (Å²) < 4.78 is 4.01. The predicted molar refractivity (Wildman–Crippen MR) is 117 cm³/mol. The summed E-state index contributed by atoms with van der Waals surface area (Å²) in [5.41, 5.74) is 11.7. The molecule has 0 radical (unpaired) electrons. The fourth-order valence-corrected chi connectivity index (χ4v) is 4.32. The molecule has 144 valence electrons. The smallest absolute Gasteiger partial charge is 0.172 e. The molecule has 6 nitrogen and oxygen atoms in total. The number of fused-ring (bicyclic) bond motifs is 2. The van der Waals surface area contributed by atoms with E-state index in [0.29, 0.717) is 5.82 Å². The van der Waals surface area contributed by atoms with Crippen molar-refractivity contribution < 1.29 is 0 Å². The van der Waals surface area contributed by atoms with Gasteiger partial charge in [-0.1, -0.05) is 43.5 Å². The Labute approximate surface area is 169 Å². The number of aryl methyl sites for hydroxylation is 1. The number of hydrogen-bond donors (Lipinski definition) is 1. The second-order valence-electron chi connectivity index (χ2n) is 7.33. The van der Waals surface area contributed by atoms with Crippen LogP contribution in [0.25, 0.3) is 29.0 Å². The number of aromatic nitrogens is 5. The van der Waals surface area contributed by atoms with E-state index >= 15 is 0 Å². The van der Waals surface area contributed by atoms with Gasteiger partial charge in [0.15, 0.2) is 11.5 Å². The highest BCUT2D eigenvalue weighted by molar-refractivity contribution is 5.93. The van der Waals surface area contributed by atoms with Crippen LogP contribution in [0.4, 0.5) is 5.82 Å². The van der Waals surface area contributed by atoms with Crippen molar-refractivity contribution >= 4 is 29.0 Å². The van der Waals surface area contributed by atoms with E-state index < -0.39 is 0 Å². The Morgan fingerprint density at radius 1 is 1.07 bits per heavy atom. The number of nitrogens with two attached hydrogens (primary N) is 1. The number of anilines is 1. The number of nitrogen functional groups attached to an aromatic ring is 1. The average molecular weight is 382 g/mol. The van der Waals surface area contributed by atoms with Gasteiger partial charge in [-0.3, -0.25) is 4.57 Å². The molecular weight excluding hydrogens is 360 g/mol. The van der Waals surface area contributed by atoms with Gasteiger partial charge in [-0.25, -0.2) is 14.6 Å².